The van der Waals surface area contributed by atoms with Crippen LogP contribution in [0.5, 0.6) is 5.75 Å². The average molecular weight is 330 g/mol. The molecule has 19 heavy (non-hydrogen) atoms. The van der Waals surface area contributed by atoms with Crippen molar-refractivity contribution in [1.29, 1.82) is 0 Å². The van der Waals surface area contributed by atoms with Crippen LogP contribution in [0.15, 0.2) is 22.7 Å². The molecule has 0 aliphatic rings. The second-order valence-electron chi connectivity index (χ2n) is 4.52. The first-order chi connectivity index (χ1) is 9.27. The number of nitrogens with one attached hydrogen (secondary N) is 1. The number of benzene rings is 1. The molecule has 0 aromatic heterocycles. The number of aliphatic hydroxyl groups is 1. The van der Waals surface area contributed by atoms with Gasteiger partial charge in [-0.3, -0.25) is 0 Å². The highest BCUT2D eigenvalue weighted by molar-refractivity contribution is 9.10. The third-order valence-corrected chi connectivity index (χ3v) is 3.68. The van der Waals surface area contributed by atoms with E-state index >= 15 is 0 Å². The van der Waals surface area contributed by atoms with E-state index in [1.54, 1.807) is 0 Å². The first kappa shape index (κ1) is 16.5. The number of ether oxygens (including phenoxy) is 1. The van der Waals surface area contributed by atoms with E-state index in [0.29, 0.717) is 6.61 Å². The molecule has 0 unspecified atom stereocenters. The van der Waals surface area contributed by atoms with Gasteiger partial charge in [-0.15, -0.1) is 0 Å². The van der Waals surface area contributed by atoms with Crippen LogP contribution in [0.2, 0.25) is 0 Å². The van der Waals surface area contributed by atoms with Crippen LogP contribution >= 0.6 is 15.9 Å². The Bertz CT molecular complexity index is 358. The maximum atomic E-state index is 8.69. The van der Waals surface area contributed by atoms with Crippen molar-refractivity contribution in [2.24, 2.45) is 0 Å². The summed E-state index contributed by atoms with van der Waals surface area (Å²) in [6.45, 7) is 4.95. The van der Waals surface area contributed by atoms with Crippen molar-refractivity contribution in [1.82, 2.24) is 5.32 Å². The highest BCUT2D eigenvalue weighted by Gasteiger charge is 2.02. The molecule has 0 saturated carbocycles. The average Bonchev–Trinajstić information content (AvgIpc) is 2.43. The maximum absolute atomic E-state index is 8.69. The lowest BCUT2D eigenvalue weighted by Gasteiger charge is -2.10. The summed E-state index contributed by atoms with van der Waals surface area (Å²) in [5, 5.41) is 12.0. The van der Waals surface area contributed by atoms with E-state index in [9.17, 15) is 0 Å². The Hall–Kier alpha value is -0.580. The standard InChI is InChI=1S/C15H24BrNO2/c1-2-17-12-13-11-14(7-8-15(13)16)19-10-6-4-3-5-9-18/h7-8,11,17-18H,2-6,9-10,12H2,1H3. The van der Waals surface area contributed by atoms with Crippen LogP contribution in [0.4, 0.5) is 0 Å². The second kappa shape index (κ2) is 10.2. The number of rotatable bonds is 10. The molecular formula is C15H24BrNO2. The van der Waals surface area contributed by atoms with Gasteiger partial charge in [0.15, 0.2) is 0 Å². The van der Waals surface area contributed by atoms with Crippen LogP contribution in [0, 0.1) is 0 Å². The number of unbranched alkanes of at least 4 members (excludes halogenated alkanes) is 3. The van der Waals surface area contributed by atoms with E-state index in [0.717, 1.165) is 55.6 Å². The molecule has 1 rings (SSSR count). The quantitative estimate of drug-likeness (QED) is 0.645. The summed E-state index contributed by atoms with van der Waals surface area (Å²) in [7, 11) is 0. The van der Waals surface area contributed by atoms with Crippen LogP contribution in [0.25, 0.3) is 0 Å². The molecular weight excluding hydrogens is 306 g/mol. The van der Waals surface area contributed by atoms with Crippen molar-refractivity contribution in [2.45, 2.75) is 39.2 Å². The number of hydrogen-bond acceptors (Lipinski definition) is 3. The number of hydrogen-bond donors (Lipinski definition) is 2. The summed E-state index contributed by atoms with van der Waals surface area (Å²) in [6, 6.07) is 6.11. The molecule has 4 heteroatoms. The smallest absolute Gasteiger partial charge is 0.119 e. The molecule has 3 nitrogen and oxygen atoms in total. The monoisotopic (exact) mass is 329 g/mol. The third kappa shape index (κ3) is 6.95. The minimum atomic E-state index is 0.293. The minimum Gasteiger partial charge on any atom is -0.494 e. The lowest BCUT2D eigenvalue weighted by atomic mass is 10.2. The van der Waals surface area contributed by atoms with Crippen molar-refractivity contribution in [3.63, 3.8) is 0 Å². The van der Waals surface area contributed by atoms with Crippen molar-refractivity contribution in [3.05, 3.63) is 28.2 Å². The van der Waals surface area contributed by atoms with Gasteiger partial charge < -0.3 is 15.2 Å². The minimum absolute atomic E-state index is 0.293. The molecule has 1 aromatic rings. The van der Waals surface area contributed by atoms with E-state index in [1.165, 1.54) is 5.56 Å². The molecule has 0 spiro atoms. The van der Waals surface area contributed by atoms with Gasteiger partial charge in [0.05, 0.1) is 6.61 Å². The lowest BCUT2D eigenvalue weighted by molar-refractivity contribution is 0.273. The fraction of sp³-hybridized carbons (Fsp3) is 0.600. The third-order valence-electron chi connectivity index (χ3n) is 2.90. The van der Waals surface area contributed by atoms with Crippen molar-refractivity contribution in [2.75, 3.05) is 19.8 Å². The van der Waals surface area contributed by atoms with Gasteiger partial charge in [0.1, 0.15) is 5.75 Å². The molecule has 0 saturated heterocycles. The highest BCUT2D eigenvalue weighted by atomic mass is 79.9. The van der Waals surface area contributed by atoms with Gasteiger partial charge in [0.2, 0.25) is 0 Å². The van der Waals surface area contributed by atoms with E-state index in [4.69, 9.17) is 9.84 Å². The molecule has 0 aliphatic heterocycles. The predicted molar refractivity (Wildman–Crippen MR) is 82.6 cm³/mol. The van der Waals surface area contributed by atoms with Gasteiger partial charge in [-0.2, -0.15) is 0 Å². The lowest BCUT2D eigenvalue weighted by Crippen LogP contribution is -2.12. The van der Waals surface area contributed by atoms with Crippen LogP contribution in [0.1, 0.15) is 38.2 Å². The molecule has 0 aliphatic carbocycles. The summed E-state index contributed by atoms with van der Waals surface area (Å²) >= 11 is 3.55. The van der Waals surface area contributed by atoms with Crippen LogP contribution < -0.4 is 10.1 Å². The van der Waals surface area contributed by atoms with Gasteiger partial charge in [-0.1, -0.05) is 29.3 Å². The van der Waals surface area contributed by atoms with Crippen molar-refractivity contribution < 1.29 is 9.84 Å². The van der Waals surface area contributed by atoms with Crippen LogP contribution in [0.3, 0.4) is 0 Å². The summed E-state index contributed by atoms with van der Waals surface area (Å²) in [5.41, 5.74) is 1.22. The van der Waals surface area contributed by atoms with Gasteiger partial charge >= 0.3 is 0 Å². The van der Waals surface area contributed by atoms with E-state index in [1.807, 2.05) is 12.1 Å². The summed E-state index contributed by atoms with van der Waals surface area (Å²) in [6.07, 6.45) is 4.12. The van der Waals surface area contributed by atoms with Gasteiger partial charge in [0.25, 0.3) is 0 Å². The fourth-order valence-corrected chi connectivity index (χ4v) is 2.18. The highest BCUT2D eigenvalue weighted by Crippen LogP contribution is 2.22. The largest absolute Gasteiger partial charge is 0.494 e. The van der Waals surface area contributed by atoms with Crippen molar-refractivity contribution >= 4 is 15.9 Å². The number of halogens is 1. The molecule has 1 aromatic carbocycles. The van der Waals surface area contributed by atoms with E-state index < -0.39 is 0 Å². The van der Waals surface area contributed by atoms with Crippen LogP contribution in [-0.4, -0.2) is 24.9 Å². The SMILES string of the molecule is CCNCc1cc(OCCCCCCO)ccc1Br. The Morgan fingerprint density at radius 3 is 2.74 bits per heavy atom. The molecule has 2 N–H and O–H groups in total. The molecule has 0 atom stereocenters. The summed E-state index contributed by atoms with van der Waals surface area (Å²) < 4.78 is 6.87. The van der Waals surface area contributed by atoms with E-state index in [2.05, 4.69) is 34.2 Å². The normalized spacial score (nSPS) is 10.7. The summed E-state index contributed by atoms with van der Waals surface area (Å²) in [4.78, 5) is 0. The Balaban J connectivity index is 2.33. The zero-order valence-electron chi connectivity index (χ0n) is 11.6. The van der Waals surface area contributed by atoms with Gasteiger partial charge in [-0.25, -0.2) is 0 Å². The maximum Gasteiger partial charge on any atom is 0.119 e. The van der Waals surface area contributed by atoms with Crippen molar-refractivity contribution in [3.8, 4) is 5.75 Å². The zero-order chi connectivity index (χ0) is 13.9. The Labute approximate surface area is 124 Å². The van der Waals surface area contributed by atoms with Crippen LogP contribution in [-0.2, 0) is 6.54 Å². The number of aliphatic hydroxyl groups excluding tert-OH is 1. The molecule has 0 radical (unpaired) electrons. The fourth-order valence-electron chi connectivity index (χ4n) is 1.79. The first-order valence-electron chi connectivity index (χ1n) is 7.00. The molecule has 0 amide bonds. The van der Waals surface area contributed by atoms with Gasteiger partial charge in [-0.05, 0) is 49.6 Å². The zero-order valence-corrected chi connectivity index (χ0v) is 13.2. The topological polar surface area (TPSA) is 41.5 Å². The first-order valence-corrected chi connectivity index (χ1v) is 7.80. The Morgan fingerprint density at radius 2 is 2.00 bits per heavy atom. The second-order valence-corrected chi connectivity index (χ2v) is 5.37. The predicted octanol–water partition coefficient (Wildman–Crippen LogP) is 3.49. The Kier molecular flexibility index (Phi) is 8.88. The Morgan fingerprint density at radius 1 is 1.21 bits per heavy atom. The molecule has 0 bridgehead atoms. The van der Waals surface area contributed by atoms with Gasteiger partial charge in [0, 0.05) is 17.6 Å². The molecule has 108 valence electrons. The van der Waals surface area contributed by atoms with E-state index in [-0.39, 0.29) is 0 Å². The summed E-state index contributed by atoms with van der Waals surface area (Å²) in [5.74, 6) is 0.929. The molecule has 0 fully saturated rings. The molecule has 0 heterocycles.